The summed E-state index contributed by atoms with van der Waals surface area (Å²) in [4.78, 5) is 13.2. The summed E-state index contributed by atoms with van der Waals surface area (Å²) in [5.74, 6) is -0.266. The molecule has 0 aliphatic rings. The maximum atomic E-state index is 13.2. The highest BCUT2D eigenvalue weighted by atomic mass is 16.2. The molecule has 42 heavy (non-hydrogen) atoms. The van der Waals surface area contributed by atoms with Gasteiger partial charge >= 0.3 is 0 Å². The zero-order valence-corrected chi connectivity index (χ0v) is 24.0. The van der Waals surface area contributed by atoms with Gasteiger partial charge in [-0.15, -0.1) is 0 Å². The zero-order valence-electron chi connectivity index (χ0n) is 24.0. The summed E-state index contributed by atoms with van der Waals surface area (Å²) in [6, 6.07) is 43.0. The molecule has 4 aromatic carbocycles. The van der Waals surface area contributed by atoms with E-state index in [1.807, 2.05) is 54.6 Å². The molecule has 5 nitrogen and oxygen atoms in total. The second kappa shape index (κ2) is 11.6. The van der Waals surface area contributed by atoms with Crippen molar-refractivity contribution < 1.29 is 4.79 Å². The summed E-state index contributed by atoms with van der Waals surface area (Å²) in [5.41, 5.74) is 13.8. The fraction of sp³-hybridized carbons (Fsp3) is 0.0811. The summed E-state index contributed by atoms with van der Waals surface area (Å²) >= 11 is 0. The largest absolute Gasteiger partial charge is 0.318 e. The van der Waals surface area contributed by atoms with Gasteiger partial charge in [-0.3, -0.25) is 4.79 Å². The minimum Gasteiger partial charge on any atom is -0.318 e. The molecule has 0 saturated carbocycles. The van der Waals surface area contributed by atoms with Crippen LogP contribution in [0.25, 0.3) is 33.9 Å². The molecule has 0 aliphatic carbocycles. The van der Waals surface area contributed by atoms with Crippen LogP contribution >= 0.6 is 0 Å². The first-order valence-electron chi connectivity index (χ1n) is 14.0. The fourth-order valence-corrected chi connectivity index (χ4v) is 5.39. The second-order valence-corrected chi connectivity index (χ2v) is 10.4. The van der Waals surface area contributed by atoms with Gasteiger partial charge < -0.3 is 9.13 Å². The van der Waals surface area contributed by atoms with Gasteiger partial charge in [0.1, 0.15) is 0 Å². The monoisotopic (exact) mass is 548 g/mol. The van der Waals surface area contributed by atoms with Crippen LogP contribution in [0.2, 0.25) is 0 Å². The molecule has 5 heteroatoms. The lowest BCUT2D eigenvalue weighted by Crippen LogP contribution is -2.18. The van der Waals surface area contributed by atoms with Crippen molar-refractivity contribution in [2.45, 2.75) is 20.8 Å². The van der Waals surface area contributed by atoms with E-state index >= 15 is 0 Å². The van der Waals surface area contributed by atoms with Crippen LogP contribution in [0.4, 0.5) is 0 Å². The molecule has 0 spiro atoms. The highest BCUT2D eigenvalue weighted by Crippen LogP contribution is 2.35. The van der Waals surface area contributed by atoms with Crippen LogP contribution in [-0.2, 0) is 0 Å². The van der Waals surface area contributed by atoms with E-state index in [1.54, 1.807) is 12.3 Å². The number of benzene rings is 4. The van der Waals surface area contributed by atoms with Crippen molar-refractivity contribution in [1.29, 1.82) is 0 Å². The summed E-state index contributed by atoms with van der Waals surface area (Å²) in [5, 5.41) is 4.44. The summed E-state index contributed by atoms with van der Waals surface area (Å²) < 4.78 is 4.39. The minimum absolute atomic E-state index is 0.266. The molecule has 2 aromatic heterocycles. The van der Waals surface area contributed by atoms with Crippen LogP contribution in [0.5, 0.6) is 0 Å². The number of carbonyl (C=O) groups excluding carboxylic acids is 1. The Morgan fingerprint density at radius 2 is 1.29 bits per heavy atom. The average Bonchev–Trinajstić information content (AvgIpc) is 3.57. The van der Waals surface area contributed by atoms with Gasteiger partial charge in [0.25, 0.3) is 5.91 Å². The highest BCUT2D eigenvalue weighted by Gasteiger charge is 2.19. The molecule has 0 saturated heterocycles. The first kappa shape index (κ1) is 26.8. The van der Waals surface area contributed by atoms with Crippen LogP contribution in [0, 0.1) is 20.8 Å². The van der Waals surface area contributed by atoms with Gasteiger partial charge in [0, 0.05) is 33.9 Å². The number of rotatable bonds is 7. The van der Waals surface area contributed by atoms with Crippen molar-refractivity contribution in [3.63, 3.8) is 0 Å². The Morgan fingerprint density at radius 3 is 1.95 bits per heavy atom. The van der Waals surface area contributed by atoms with E-state index in [0.29, 0.717) is 5.56 Å². The van der Waals surface area contributed by atoms with Gasteiger partial charge in [0.15, 0.2) is 0 Å². The van der Waals surface area contributed by atoms with Crippen LogP contribution in [0.15, 0.2) is 132 Å². The molecule has 0 radical (unpaired) electrons. The van der Waals surface area contributed by atoms with E-state index in [0.717, 1.165) is 50.8 Å². The van der Waals surface area contributed by atoms with Gasteiger partial charge in [-0.05, 0) is 80.4 Å². The third kappa shape index (κ3) is 5.32. The molecule has 6 rings (SSSR count). The summed E-state index contributed by atoms with van der Waals surface area (Å²) in [6.07, 6.45) is 1.74. The Morgan fingerprint density at radius 1 is 0.643 bits per heavy atom. The number of hydrogen-bond donors (Lipinski definition) is 1. The quantitative estimate of drug-likeness (QED) is 0.158. The first-order valence-corrected chi connectivity index (χ1v) is 14.0. The predicted octanol–water partition coefficient (Wildman–Crippen LogP) is 8.29. The number of amides is 1. The van der Waals surface area contributed by atoms with E-state index in [9.17, 15) is 4.79 Å². The third-order valence-electron chi connectivity index (χ3n) is 7.45. The SMILES string of the molecule is Cc1ccc(-n2c(-c3ccccc3)cc(/C=N/NC(=O)c3cccc(-n4c(C)ccc4C)c3)c2-c2ccccc2)cc1. The standard InChI is InChI=1S/C37H32N4O/c1-26-17-21-33(22-18-26)41-35(29-11-6-4-7-12-29)24-32(36(41)30-13-8-5-9-14-30)25-38-39-37(42)31-15-10-16-34(23-31)40-27(2)19-20-28(40)3/h4-25H,1-3H3,(H,39,42)/b38-25+. The average molecular weight is 549 g/mol. The maximum Gasteiger partial charge on any atom is 0.271 e. The molecule has 6 aromatic rings. The normalized spacial score (nSPS) is 11.2. The Balaban J connectivity index is 1.39. The van der Waals surface area contributed by atoms with Crippen molar-refractivity contribution in [2.75, 3.05) is 0 Å². The van der Waals surface area contributed by atoms with Crippen molar-refractivity contribution in [1.82, 2.24) is 14.6 Å². The van der Waals surface area contributed by atoms with Crippen molar-refractivity contribution in [3.05, 3.63) is 155 Å². The molecule has 0 aliphatic heterocycles. The molecule has 206 valence electrons. The molecule has 1 amide bonds. The Bertz CT molecular complexity index is 1860. The van der Waals surface area contributed by atoms with Gasteiger partial charge in [-0.2, -0.15) is 5.10 Å². The van der Waals surface area contributed by atoms with Gasteiger partial charge in [-0.1, -0.05) is 84.4 Å². The van der Waals surface area contributed by atoms with Crippen LogP contribution in [-0.4, -0.2) is 21.3 Å². The molecule has 0 unspecified atom stereocenters. The Hall–Kier alpha value is -5.42. The number of aryl methyl sites for hydroxylation is 3. The molecule has 0 atom stereocenters. The van der Waals surface area contributed by atoms with Crippen molar-refractivity contribution in [2.24, 2.45) is 5.10 Å². The lowest BCUT2D eigenvalue weighted by atomic mass is 10.1. The number of nitrogens with zero attached hydrogens (tertiary/aromatic N) is 3. The lowest BCUT2D eigenvalue weighted by molar-refractivity contribution is 0.0955. The van der Waals surface area contributed by atoms with Crippen LogP contribution in [0.3, 0.4) is 0 Å². The number of nitrogens with one attached hydrogen (secondary N) is 1. The van der Waals surface area contributed by atoms with Crippen molar-refractivity contribution in [3.8, 4) is 33.9 Å². The number of hydrazone groups is 1. The van der Waals surface area contributed by atoms with E-state index in [4.69, 9.17) is 0 Å². The third-order valence-corrected chi connectivity index (χ3v) is 7.45. The summed E-state index contributed by atoms with van der Waals surface area (Å²) in [6.45, 7) is 6.20. The van der Waals surface area contributed by atoms with Gasteiger partial charge in [-0.25, -0.2) is 5.43 Å². The highest BCUT2D eigenvalue weighted by molar-refractivity contribution is 5.97. The number of aromatic nitrogens is 2. The Labute approximate surface area is 246 Å². The molecule has 2 heterocycles. The topological polar surface area (TPSA) is 51.3 Å². The fourth-order valence-electron chi connectivity index (χ4n) is 5.39. The number of carbonyl (C=O) groups is 1. The summed E-state index contributed by atoms with van der Waals surface area (Å²) in [7, 11) is 0. The first-order chi connectivity index (χ1) is 20.5. The van der Waals surface area contributed by atoms with Crippen molar-refractivity contribution >= 4 is 12.1 Å². The van der Waals surface area contributed by atoms with Gasteiger partial charge in [0.2, 0.25) is 0 Å². The second-order valence-electron chi connectivity index (χ2n) is 10.4. The zero-order chi connectivity index (χ0) is 29.1. The van der Waals surface area contributed by atoms with Crippen LogP contribution < -0.4 is 5.43 Å². The smallest absolute Gasteiger partial charge is 0.271 e. The van der Waals surface area contributed by atoms with E-state index in [1.165, 1.54) is 5.56 Å². The molecular weight excluding hydrogens is 516 g/mol. The van der Waals surface area contributed by atoms with E-state index < -0.39 is 0 Å². The molecule has 0 fully saturated rings. The lowest BCUT2D eigenvalue weighted by Gasteiger charge is -2.15. The van der Waals surface area contributed by atoms with E-state index in [2.05, 4.69) is 107 Å². The Kier molecular flexibility index (Phi) is 7.39. The van der Waals surface area contributed by atoms with Gasteiger partial charge in [0.05, 0.1) is 17.6 Å². The molecule has 0 bridgehead atoms. The molecule has 1 N–H and O–H groups in total. The van der Waals surface area contributed by atoms with Crippen LogP contribution in [0.1, 0.15) is 32.9 Å². The molecular formula is C37H32N4O. The predicted molar refractivity (Wildman–Crippen MR) is 172 cm³/mol. The number of hydrogen-bond acceptors (Lipinski definition) is 2. The maximum absolute atomic E-state index is 13.2. The van der Waals surface area contributed by atoms with E-state index in [-0.39, 0.29) is 5.91 Å². The minimum atomic E-state index is -0.266.